The number of carboxylic acid groups (broad SMARTS) is 1. The van der Waals surface area contributed by atoms with E-state index in [0.717, 1.165) is 17.7 Å². The number of nitrogens with one attached hydrogen (secondary N) is 1. The molecule has 0 saturated carbocycles. The predicted molar refractivity (Wildman–Crippen MR) is 102 cm³/mol. The Hall–Kier alpha value is -1.59. The first-order valence-corrected chi connectivity index (χ1v) is 9.57. The van der Waals surface area contributed by atoms with Gasteiger partial charge in [0.2, 0.25) is 5.54 Å². The van der Waals surface area contributed by atoms with Crippen LogP contribution >= 0.6 is 0 Å². The first kappa shape index (κ1) is 23.4. The van der Waals surface area contributed by atoms with Crippen molar-refractivity contribution in [2.24, 2.45) is 11.7 Å². The number of likely N-dealkylation sites (N-methyl/N-ethyl adjacent to an activating group) is 1. The van der Waals surface area contributed by atoms with E-state index < -0.39 is 23.4 Å². The molecule has 6 nitrogen and oxygen atoms in total. The quantitative estimate of drug-likeness (QED) is 0.190. The van der Waals surface area contributed by atoms with E-state index in [4.69, 9.17) is 11.1 Å². The molecule has 0 saturated heterocycles. The second-order valence-electron chi connectivity index (χ2n) is 7.17. The molecule has 6 heteroatoms. The van der Waals surface area contributed by atoms with Crippen LogP contribution in [0.5, 0.6) is 0 Å². The zero-order valence-corrected chi connectivity index (χ0v) is 16.4. The average molecular weight is 356 g/mol. The molecule has 25 heavy (non-hydrogen) atoms. The van der Waals surface area contributed by atoms with Crippen LogP contribution in [-0.2, 0) is 9.59 Å². The molecular weight excluding hydrogens is 318 g/mol. The second-order valence-corrected chi connectivity index (χ2v) is 7.17. The summed E-state index contributed by atoms with van der Waals surface area (Å²) in [6.45, 7) is 5.57. The van der Waals surface area contributed by atoms with E-state index in [0.29, 0.717) is 6.42 Å². The minimum atomic E-state index is -1.76. The van der Waals surface area contributed by atoms with Crippen molar-refractivity contribution in [1.29, 1.82) is 5.41 Å². The number of rotatable bonds is 14. The van der Waals surface area contributed by atoms with Crippen LogP contribution < -0.4 is 5.73 Å². The summed E-state index contributed by atoms with van der Waals surface area (Å²) in [4.78, 5) is 25.7. The Bertz CT molecular complexity index is 438. The molecule has 0 bridgehead atoms. The lowest BCUT2D eigenvalue weighted by Crippen LogP contribution is -2.65. The Morgan fingerprint density at radius 1 is 1.04 bits per heavy atom. The third kappa shape index (κ3) is 6.67. The molecule has 0 aromatic heterocycles. The van der Waals surface area contributed by atoms with E-state index in [1.165, 1.54) is 45.6 Å². The molecule has 0 aliphatic heterocycles. The number of nitrogens with zero attached hydrogens (tertiary/aromatic N) is 1. The molecule has 0 aliphatic rings. The van der Waals surface area contributed by atoms with E-state index in [1.807, 2.05) is 0 Å². The lowest BCUT2D eigenvalue weighted by atomic mass is 9.79. The maximum atomic E-state index is 12.7. The molecule has 146 valence electrons. The number of ketones is 1. The number of carboxylic acids is 1. The molecule has 0 spiro atoms. The summed E-state index contributed by atoms with van der Waals surface area (Å²) < 4.78 is 0. The Morgan fingerprint density at radius 3 is 1.84 bits per heavy atom. The maximum Gasteiger partial charge on any atom is 0.337 e. The van der Waals surface area contributed by atoms with Gasteiger partial charge in [-0.15, -0.1) is 0 Å². The van der Waals surface area contributed by atoms with Crippen molar-refractivity contribution in [3.05, 3.63) is 0 Å². The van der Waals surface area contributed by atoms with Gasteiger partial charge in [0.25, 0.3) is 0 Å². The van der Waals surface area contributed by atoms with E-state index in [-0.39, 0.29) is 12.2 Å². The van der Waals surface area contributed by atoms with Crippen molar-refractivity contribution in [2.75, 3.05) is 7.05 Å². The van der Waals surface area contributed by atoms with Gasteiger partial charge in [0.1, 0.15) is 0 Å². The van der Waals surface area contributed by atoms with Gasteiger partial charge in [-0.05, 0) is 12.3 Å². The van der Waals surface area contributed by atoms with Crippen LogP contribution in [0.15, 0.2) is 0 Å². The molecule has 0 radical (unpaired) electrons. The first-order valence-electron chi connectivity index (χ1n) is 9.57. The van der Waals surface area contributed by atoms with Crippen LogP contribution in [0.4, 0.5) is 0 Å². The van der Waals surface area contributed by atoms with Gasteiger partial charge in [0.15, 0.2) is 11.7 Å². The summed E-state index contributed by atoms with van der Waals surface area (Å²) in [7, 11) is 1.41. The van der Waals surface area contributed by atoms with Crippen LogP contribution in [0, 0.1) is 11.3 Å². The third-order valence-electron chi connectivity index (χ3n) is 4.98. The van der Waals surface area contributed by atoms with Gasteiger partial charge in [-0.2, -0.15) is 0 Å². The van der Waals surface area contributed by atoms with Crippen molar-refractivity contribution in [3.63, 3.8) is 0 Å². The number of nitrogens with two attached hydrogens (primary N) is 1. The Morgan fingerprint density at radius 2 is 1.48 bits per heavy atom. The van der Waals surface area contributed by atoms with Gasteiger partial charge in [-0.3, -0.25) is 10.2 Å². The Labute approximate surface area is 152 Å². The number of hydrogen-bond acceptors (Lipinski definition) is 3. The Balaban J connectivity index is 4.51. The first-order chi connectivity index (χ1) is 11.7. The van der Waals surface area contributed by atoms with Crippen LogP contribution in [0.1, 0.15) is 85.0 Å². The van der Waals surface area contributed by atoms with E-state index in [9.17, 15) is 14.7 Å². The SMILES string of the molecule is CCCCCCCCCCCC(=O)C(C(=O)O)(C(C)C)N(C)C(=N)N. The molecule has 0 amide bonds. The summed E-state index contributed by atoms with van der Waals surface area (Å²) in [5.74, 6) is -2.49. The molecule has 0 aromatic carbocycles. The normalized spacial score (nSPS) is 13.5. The predicted octanol–water partition coefficient (Wildman–Crippen LogP) is 3.78. The van der Waals surface area contributed by atoms with Gasteiger partial charge >= 0.3 is 5.97 Å². The summed E-state index contributed by atoms with van der Waals surface area (Å²) in [5.41, 5.74) is 3.72. The number of carbonyl (C=O) groups excluding carboxylic acids is 1. The molecule has 0 aliphatic carbocycles. The number of guanidine groups is 1. The van der Waals surface area contributed by atoms with Crippen LogP contribution in [-0.4, -0.2) is 40.3 Å². The third-order valence-corrected chi connectivity index (χ3v) is 4.98. The molecule has 0 fully saturated rings. The van der Waals surface area contributed by atoms with Crippen molar-refractivity contribution >= 4 is 17.7 Å². The van der Waals surface area contributed by atoms with Gasteiger partial charge in [0.05, 0.1) is 0 Å². The number of hydrogen-bond donors (Lipinski definition) is 3. The van der Waals surface area contributed by atoms with Crippen LogP contribution in [0.2, 0.25) is 0 Å². The van der Waals surface area contributed by atoms with E-state index in [2.05, 4.69) is 6.92 Å². The topological polar surface area (TPSA) is 107 Å². The van der Waals surface area contributed by atoms with Crippen LogP contribution in [0.3, 0.4) is 0 Å². The van der Waals surface area contributed by atoms with Gasteiger partial charge < -0.3 is 15.7 Å². The number of carbonyl (C=O) groups is 2. The van der Waals surface area contributed by atoms with Gasteiger partial charge in [-0.1, -0.05) is 72.1 Å². The fourth-order valence-corrected chi connectivity index (χ4v) is 3.38. The molecule has 1 unspecified atom stereocenters. The lowest BCUT2D eigenvalue weighted by molar-refractivity contribution is -0.157. The summed E-state index contributed by atoms with van der Waals surface area (Å²) >= 11 is 0. The monoisotopic (exact) mass is 355 g/mol. The Kier molecular flexibility index (Phi) is 11.1. The highest BCUT2D eigenvalue weighted by atomic mass is 16.4. The molecule has 0 heterocycles. The van der Waals surface area contributed by atoms with Gasteiger partial charge in [0, 0.05) is 13.5 Å². The van der Waals surface area contributed by atoms with Gasteiger partial charge in [-0.25, -0.2) is 4.79 Å². The molecule has 0 rings (SSSR count). The fourth-order valence-electron chi connectivity index (χ4n) is 3.38. The van der Waals surface area contributed by atoms with Crippen molar-refractivity contribution < 1.29 is 14.7 Å². The number of Topliss-reactive ketones (excluding diaryl/α,β-unsaturated/α-hetero) is 1. The summed E-state index contributed by atoms with van der Waals surface area (Å²) in [6.07, 6.45) is 10.4. The number of aliphatic carboxylic acids is 1. The fraction of sp³-hybridized carbons (Fsp3) is 0.842. The molecule has 1 atom stereocenters. The minimum absolute atomic E-state index is 0.206. The molecule has 0 aromatic rings. The second kappa shape index (κ2) is 11.9. The largest absolute Gasteiger partial charge is 0.479 e. The average Bonchev–Trinajstić information content (AvgIpc) is 2.52. The highest BCUT2D eigenvalue weighted by Gasteiger charge is 2.52. The summed E-state index contributed by atoms with van der Waals surface area (Å²) in [6, 6.07) is 0. The van der Waals surface area contributed by atoms with Crippen LogP contribution in [0.25, 0.3) is 0 Å². The highest BCUT2D eigenvalue weighted by Crippen LogP contribution is 2.28. The smallest absolute Gasteiger partial charge is 0.337 e. The zero-order chi connectivity index (χ0) is 19.5. The van der Waals surface area contributed by atoms with Crippen molar-refractivity contribution in [3.8, 4) is 0 Å². The van der Waals surface area contributed by atoms with E-state index in [1.54, 1.807) is 13.8 Å². The summed E-state index contributed by atoms with van der Waals surface area (Å²) in [5, 5.41) is 17.3. The highest BCUT2D eigenvalue weighted by molar-refractivity contribution is 6.10. The molecule has 4 N–H and O–H groups in total. The zero-order valence-electron chi connectivity index (χ0n) is 16.4. The molecular formula is C19H37N3O3. The van der Waals surface area contributed by atoms with Crippen molar-refractivity contribution in [1.82, 2.24) is 4.90 Å². The van der Waals surface area contributed by atoms with E-state index >= 15 is 0 Å². The number of unbranched alkanes of at least 4 members (excludes halogenated alkanes) is 8. The van der Waals surface area contributed by atoms with Crippen molar-refractivity contribution in [2.45, 2.75) is 90.5 Å². The lowest BCUT2D eigenvalue weighted by Gasteiger charge is -2.40. The minimum Gasteiger partial charge on any atom is -0.479 e. The standard InChI is InChI=1S/C19H37N3O3/c1-5-6-7-8-9-10-11-12-13-14-16(23)19(15(2)3,17(24)25)22(4)18(20)21/h15H,5-14H2,1-4H3,(H3,20,21)(H,24,25). The maximum absolute atomic E-state index is 12.7.